The average molecular weight is 424 g/mol. The van der Waals surface area contributed by atoms with Gasteiger partial charge in [0.25, 0.3) is 5.91 Å². The third kappa shape index (κ3) is 5.13. The normalized spacial score (nSPS) is 17.7. The van der Waals surface area contributed by atoms with Crippen LogP contribution in [0.1, 0.15) is 52.9 Å². The first-order chi connectivity index (χ1) is 15.0. The van der Waals surface area contributed by atoms with Crippen molar-refractivity contribution in [1.82, 2.24) is 15.1 Å². The number of hydrogen-bond donors (Lipinski definition) is 1. The Balaban J connectivity index is 1.26. The molecule has 4 rings (SSSR count). The van der Waals surface area contributed by atoms with E-state index in [0.717, 1.165) is 18.4 Å². The van der Waals surface area contributed by atoms with Crippen LogP contribution in [0.15, 0.2) is 42.5 Å². The molecule has 1 N–H and O–H groups in total. The molecule has 1 aliphatic carbocycles. The minimum Gasteiger partial charge on any atom is -0.348 e. The Kier molecular flexibility index (Phi) is 6.66. The van der Waals surface area contributed by atoms with Gasteiger partial charge < -0.3 is 10.2 Å². The van der Waals surface area contributed by atoms with Gasteiger partial charge in [0.05, 0.1) is 18.2 Å². The molecule has 2 aromatic rings. The number of nitrogens with one attached hydrogen (secondary N) is 1. The van der Waals surface area contributed by atoms with Gasteiger partial charge in [0, 0.05) is 26.2 Å². The molecular weight excluding hydrogens is 393 g/mol. The van der Waals surface area contributed by atoms with Gasteiger partial charge in [0.15, 0.2) is 0 Å². The molecule has 0 unspecified atom stereocenters. The minimum atomic E-state index is -0.495. The molecule has 0 spiro atoms. The zero-order chi connectivity index (χ0) is 21.8. The molecule has 5 nitrogen and oxygen atoms in total. The van der Waals surface area contributed by atoms with Gasteiger partial charge in [-0.2, -0.15) is 0 Å². The highest BCUT2D eigenvalue weighted by molar-refractivity contribution is 5.94. The summed E-state index contributed by atoms with van der Waals surface area (Å²) in [5.41, 5.74) is 4.11. The number of fused-ring (bicyclic) bond motifs is 1. The first kappa shape index (κ1) is 21.5. The summed E-state index contributed by atoms with van der Waals surface area (Å²) in [4.78, 5) is 28.8. The summed E-state index contributed by atoms with van der Waals surface area (Å²) < 4.78 is 13.9. The molecule has 0 bridgehead atoms. The number of benzene rings is 2. The molecule has 0 radical (unpaired) electrons. The van der Waals surface area contributed by atoms with Crippen molar-refractivity contribution in [2.45, 2.75) is 38.6 Å². The second-order valence-corrected chi connectivity index (χ2v) is 8.57. The van der Waals surface area contributed by atoms with Gasteiger partial charge >= 0.3 is 0 Å². The number of rotatable bonds is 5. The van der Waals surface area contributed by atoms with Gasteiger partial charge in [-0.15, -0.1) is 0 Å². The van der Waals surface area contributed by atoms with Crippen LogP contribution in [0.4, 0.5) is 4.39 Å². The number of carbonyl (C=O) groups excluding carboxylic acids is 2. The van der Waals surface area contributed by atoms with E-state index in [2.05, 4.69) is 23.5 Å². The predicted molar refractivity (Wildman–Crippen MR) is 118 cm³/mol. The summed E-state index contributed by atoms with van der Waals surface area (Å²) in [7, 11) is 0. The van der Waals surface area contributed by atoms with Crippen LogP contribution in [0, 0.1) is 5.82 Å². The number of aryl methyl sites for hydroxylation is 2. The van der Waals surface area contributed by atoms with Crippen LogP contribution in [-0.2, 0) is 17.6 Å². The molecule has 2 amide bonds. The Bertz CT molecular complexity index is 954. The topological polar surface area (TPSA) is 52.7 Å². The second kappa shape index (κ2) is 9.60. The first-order valence-electron chi connectivity index (χ1n) is 11.2. The smallest absolute Gasteiger partial charge is 0.256 e. The predicted octanol–water partition coefficient (Wildman–Crippen LogP) is 3.34. The summed E-state index contributed by atoms with van der Waals surface area (Å²) in [5, 5.41) is 3.11. The molecule has 1 saturated heterocycles. The van der Waals surface area contributed by atoms with E-state index in [9.17, 15) is 14.0 Å². The highest BCUT2D eigenvalue weighted by Crippen LogP contribution is 2.24. The fourth-order valence-electron chi connectivity index (χ4n) is 4.51. The molecule has 6 heteroatoms. The van der Waals surface area contributed by atoms with Crippen molar-refractivity contribution in [3.63, 3.8) is 0 Å². The quantitative estimate of drug-likeness (QED) is 0.803. The Morgan fingerprint density at radius 2 is 1.71 bits per heavy atom. The van der Waals surface area contributed by atoms with Crippen molar-refractivity contribution in [1.29, 1.82) is 0 Å². The number of carbonyl (C=O) groups is 2. The molecule has 164 valence electrons. The Hall–Kier alpha value is -2.73. The van der Waals surface area contributed by atoms with Gasteiger partial charge in [0.1, 0.15) is 5.82 Å². The zero-order valence-corrected chi connectivity index (χ0v) is 18.1. The Morgan fingerprint density at radius 3 is 2.45 bits per heavy atom. The lowest BCUT2D eigenvalue weighted by Crippen LogP contribution is -2.51. The summed E-state index contributed by atoms with van der Waals surface area (Å²) in [5.74, 6) is -0.798. The van der Waals surface area contributed by atoms with Gasteiger partial charge in [-0.05, 0) is 61.4 Å². The van der Waals surface area contributed by atoms with Crippen LogP contribution < -0.4 is 5.32 Å². The lowest BCUT2D eigenvalue weighted by Gasteiger charge is -2.34. The second-order valence-electron chi connectivity index (χ2n) is 8.57. The van der Waals surface area contributed by atoms with Crippen molar-refractivity contribution < 1.29 is 14.0 Å². The highest BCUT2D eigenvalue weighted by atomic mass is 19.1. The van der Waals surface area contributed by atoms with E-state index in [1.165, 1.54) is 36.1 Å². The monoisotopic (exact) mass is 423 g/mol. The fourth-order valence-corrected chi connectivity index (χ4v) is 4.51. The molecular formula is C25H30FN3O2. The zero-order valence-electron chi connectivity index (χ0n) is 18.1. The number of nitrogens with zero attached hydrogens (tertiary/aromatic N) is 2. The Labute approximate surface area is 183 Å². The van der Waals surface area contributed by atoms with Crippen molar-refractivity contribution in [3.05, 3.63) is 70.5 Å². The van der Waals surface area contributed by atoms with Crippen LogP contribution in [0.5, 0.6) is 0 Å². The minimum absolute atomic E-state index is 0.0147. The molecule has 31 heavy (non-hydrogen) atoms. The summed E-state index contributed by atoms with van der Waals surface area (Å²) >= 11 is 0. The van der Waals surface area contributed by atoms with Crippen molar-refractivity contribution in [2.75, 3.05) is 32.7 Å². The van der Waals surface area contributed by atoms with Gasteiger partial charge in [-0.25, -0.2) is 4.39 Å². The average Bonchev–Trinajstić information content (AvgIpc) is 2.79. The fraction of sp³-hybridized carbons (Fsp3) is 0.440. The van der Waals surface area contributed by atoms with E-state index in [0.29, 0.717) is 32.7 Å². The summed E-state index contributed by atoms with van der Waals surface area (Å²) in [6.07, 6.45) is 4.78. The van der Waals surface area contributed by atoms with E-state index >= 15 is 0 Å². The van der Waals surface area contributed by atoms with Crippen LogP contribution in [0.2, 0.25) is 0 Å². The number of halogens is 1. The summed E-state index contributed by atoms with van der Waals surface area (Å²) in [6.45, 7) is 4.49. The maximum Gasteiger partial charge on any atom is 0.256 e. The van der Waals surface area contributed by atoms with Crippen molar-refractivity contribution >= 4 is 11.8 Å². The van der Waals surface area contributed by atoms with Gasteiger partial charge in [0.2, 0.25) is 5.91 Å². The van der Waals surface area contributed by atoms with E-state index in [1.807, 2.05) is 11.8 Å². The van der Waals surface area contributed by atoms with E-state index in [1.54, 1.807) is 17.0 Å². The SMILES string of the molecule is C[C@H](NC(=O)CN1CCN(C(=O)c2ccccc2F)CC1)c1ccc2c(c1)CCCC2. The third-order valence-electron chi connectivity index (χ3n) is 6.38. The number of amides is 2. The van der Waals surface area contributed by atoms with Crippen LogP contribution in [0.25, 0.3) is 0 Å². The lowest BCUT2D eigenvalue weighted by atomic mass is 9.89. The van der Waals surface area contributed by atoms with Gasteiger partial charge in [-0.3, -0.25) is 14.5 Å². The molecule has 1 heterocycles. The first-order valence-corrected chi connectivity index (χ1v) is 11.2. The maximum atomic E-state index is 13.9. The number of hydrogen-bond acceptors (Lipinski definition) is 3. The van der Waals surface area contributed by atoms with Crippen LogP contribution in [0.3, 0.4) is 0 Å². The van der Waals surface area contributed by atoms with Crippen LogP contribution >= 0.6 is 0 Å². The van der Waals surface area contributed by atoms with E-state index in [4.69, 9.17) is 0 Å². The third-order valence-corrected chi connectivity index (χ3v) is 6.38. The van der Waals surface area contributed by atoms with E-state index < -0.39 is 5.82 Å². The summed E-state index contributed by atoms with van der Waals surface area (Å²) in [6, 6.07) is 12.6. The maximum absolute atomic E-state index is 13.9. The standard InChI is InChI=1S/C25H30FN3O2/c1-18(20-11-10-19-6-2-3-7-21(19)16-20)27-24(30)17-28-12-14-29(15-13-28)25(31)22-8-4-5-9-23(22)26/h4-5,8-11,16,18H,2-3,6-7,12-15,17H2,1H3,(H,27,30)/t18-/m0/s1. The molecule has 0 aromatic heterocycles. The molecule has 2 aliphatic rings. The van der Waals surface area contributed by atoms with E-state index in [-0.39, 0.29) is 23.4 Å². The van der Waals surface area contributed by atoms with Crippen molar-refractivity contribution in [2.24, 2.45) is 0 Å². The molecule has 1 fully saturated rings. The largest absolute Gasteiger partial charge is 0.348 e. The Morgan fingerprint density at radius 1 is 1.00 bits per heavy atom. The van der Waals surface area contributed by atoms with Gasteiger partial charge in [-0.1, -0.05) is 30.3 Å². The molecule has 1 atom stereocenters. The highest BCUT2D eigenvalue weighted by Gasteiger charge is 2.25. The van der Waals surface area contributed by atoms with Crippen LogP contribution in [-0.4, -0.2) is 54.3 Å². The molecule has 2 aromatic carbocycles. The number of piperazine rings is 1. The molecule has 0 saturated carbocycles. The lowest BCUT2D eigenvalue weighted by molar-refractivity contribution is -0.123. The van der Waals surface area contributed by atoms with Crippen molar-refractivity contribution in [3.8, 4) is 0 Å². The molecule has 1 aliphatic heterocycles.